The zero-order valence-electron chi connectivity index (χ0n) is 12.4. The van der Waals surface area contributed by atoms with Crippen LogP contribution in [0.25, 0.3) is 0 Å². The molecule has 1 aromatic carbocycles. The Kier molecular flexibility index (Phi) is 4.89. The molecule has 0 bridgehead atoms. The first-order chi connectivity index (χ1) is 9.79. The van der Waals surface area contributed by atoms with E-state index in [4.69, 9.17) is 11.6 Å². The minimum Gasteiger partial charge on any atom is -0.388 e. The number of aliphatic hydroxyl groups is 1. The number of amides is 1. The van der Waals surface area contributed by atoms with Crippen LogP contribution in [0, 0.1) is 5.92 Å². The second-order valence-corrected chi connectivity index (χ2v) is 6.53. The molecule has 3 nitrogen and oxygen atoms in total. The molecule has 1 aliphatic heterocycles. The first-order valence-electron chi connectivity index (χ1n) is 7.21. The molecule has 1 amide bonds. The van der Waals surface area contributed by atoms with E-state index < -0.39 is 17.7 Å². The van der Waals surface area contributed by atoms with Crippen molar-refractivity contribution in [2.45, 2.75) is 38.5 Å². The number of hydrogen-bond acceptors (Lipinski definition) is 2. The van der Waals surface area contributed by atoms with Gasteiger partial charge < -0.3 is 10.0 Å². The molecule has 116 valence electrons. The van der Waals surface area contributed by atoms with E-state index in [1.807, 2.05) is 12.1 Å². The average molecular weight is 314 g/mol. The van der Waals surface area contributed by atoms with Crippen molar-refractivity contribution in [1.29, 1.82) is 0 Å². The van der Waals surface area contributed by atoms with Gasteiger partial charge in [0.05, 0.1) is 6.10 Å². The summed E-state index contributed by atoms with van der Waals surface area (Å²) >= 11 is 5.84. The van der Waals surface area contributed by atoms with E-state index in [2.05, 4.69) is 0 Å². The highest BCUT2D eigenvalue weighted by Crippen LogP contribution is 2.32. The normalized spacial score (nSPS) is 18.6. The standard InChI is InChI=1S/C16H21ClFNO2/c1-16(2,18)15(21)19-9-7-12(8-10-19)14(20)11-3-5-13(17)6-4-11/h3-6,12,14,20H,7-10H2,1-2H3. The number of benzene rings is 1. The molecule has 1 saturated heterocycles. The number of halogens is 2. The number of nitrogens with zero attached hydrogens (tertiary/aromatic N) is 1. The van der Waals surface area contributed by atoms with Crippen LogP contribution in [0.2, 0.25) is 5.02 Å². The number of aliphatic hydroxyl groups excluding tert-OH is 1. The zero-order valence-corrected chi connectivity index (χ0v) is 13.1. The molecule has 1 atom stereocenters. The van der Waals surface area contributed by atoms with Crippen LogP contribution in [-0.4, -0.2) is 34.7 Å². The molecular formula is C16H21ClFNO2. The number of hydrogen-bond donors (Lipinski definition) is 1. The zero-order chi connectivity index (χ0) is 15.6. The largest absolute Gasteiger partial charge is 0.388 e. The third-order valence-electron chi connectivity index (χ3n) is 3.99. The highest BCUT2D eigenvalue weighted by atomic mass is 35.5. The first-order valence-corrected chi connectivity index (χ1v) is 7.58. The summed E-state index contributed by atoms with van der Waals surface area (Å²) in [6.45, 7) is 3.54. The molecule has 1 heterocycles. The predicted molar refractivity (Wildman–Crippen MR) is 80.9 cm³/mol. The third-order valence-corrected chi connectivity index (χ3v) is 4.25. The molecule has 0 aliphatic carbocycles. The lowest BCUT2D eigenvalue weighted by molar-refractivity contribution is -0.143. The highest BCUT2D eigenvalue weighted by Gasteiger charge is 2.35. The van der Waals surface area contributed by atoms with Crippen LogP contribution in [-0.2, 0) is 4.79 Å². The molecule has 2 rings (SSSR count). The number of likely N-dealkylation sites (tertiary alicyclic amines) is 1. The SMILES string of the molecule is CC(C)(F)C(=O)N1CCC(C(O)c2ccc(Cl)cc2)CC1. The van der Waals surface area contributed by atoms with Gasteiger partial charge in [0.25, 0.3) is 5.91 Å². The number of alkyl halides is 1. The van der Waals surface area contributed by atoms with Crippen LogP contribution in [0.15, 0.2) is 24.3 Å². The van der Waals surface area contributed by atoms with Crippen molar-refractivity contribution in [3.63, 3.8) is 0 Å². The Hall–Kier alpha value is -1.13. The number of carbonyl (C=O) groups is 1. The quantitative estimate of drug-likeness (QED) is 0.929. The molecular weight excluding hydrogens is 293 g/mol. The maximum absolute atomic E-state index is 13.7. The van der Waals surface area contributed by atoms with Crippen LogP contribution >= 0.6 is 11.6 Å². The summed E-state index contributed by atoms with van der Waals surface area (Å²) in [5.41, 5.74) is -1.00. The predicted octanol–water partition coefficient (Wildman–Crippen LogP) is 3.36. The van der Waals surface area contributed by atoms with Crippen molar-refractivity contribution < 1.29 is 14.3 Å². The maximum atomic E-state index is 13.7. The molecule has 1 N–H and O–H groups in total. The van der Waals surface area contributed by atoms with Crippen molar-refractivity contribution in [3.8, 4) is 0 Å². The van der Waals surface area contributed by atoms with E-state index in [1.165, 1.54) is 13.8 Å². The van der Waals surface area contributed by atoms with Crippen molar-refractivity contribution in [1.82, 2.24) is 4.90 Å². The second kappa shape index (κ2) is 6.32. The van der Waals surface area contributed by atoms with E-state index in [0.29, 0.717) is 31.0 Å². The van der Waals surface area contributed by atoms with Gasteiger partial charge in [-0.3, -0.25) is 4.79 Å². The van der Waals surface area contributed by atoms with Gasteiger partial charge >= 0.3 is 0 Å². The Morgan fingerprint density at radius 3 is 2.33 bits per heavy atom. The van der Waals surface area contributed by atoms with Gasteiger partial charge in [0.15, 0.2) is 5.67 Å². The van der Waals surface area contributed by atoms with Gasteiger partial charge in [-0.25, -0.2) is 4.39 Å². The van der Waals surface area contributed by atoms with E-state index >= 15 is 0 Å². The van der Waals surface area contributed by atoms with Crippen molar-refractivity contribution in [2.75, 3.05) is 13.1 Å². The summed E-state index contributed by atoms with van der Waals surface area (Å²) in [4.78, 5) is 13.4. The first kappa shape index (κ1) is 16.2. The van der Waals surface area contributed by atoms with Crippen LogP contribution < -0.4 is 0 Å². The van der Waals surface area contributed by atoms with Gasteiger partial charge in [-0.2, -0.15) is 0 Å². The molecule has 0 saturated carbocycles. The van der Waals surface area contributed by atoms with Crippen molar-refractivity contribution in [3.05, 3.63) is 34.9 Å². The minimum absolute atomic E-state index is 0.0814. The summed E-state index contributed by atoms with van der Waals surface area (Å²) in [6.07, 6.45) is 0.773. The molecule has 5 heteroatoms. The Bertz CT molecular complexity index is 490. The van der Waals surface area contributed by atoms with E-state index in [-0.39, 0.29) is 5.92 Å². The number of piperidine rings is 1. The summed E-state index contributed by atoms with van der Waals surface area (Å²) in [5, 5.41) is 11.0. The molecule has 1 aliphatic rings. The lowest BCUT2D eigenvalue weighted by Crippen LogP contribution is -2.47. The Balaban J connectivity index is 1.94. The summed E-state index contributed by atoms with van der Waals surface area (Å²) < 4.78 is 13.7. The van der Waals surface area contributed by atoms with Crippen LogP contribution in [0.5, 0.6) is 0 Å². The summed E-state index contributed by atoms with van der Waals surface area (Å²) in [7, 11) is 0. The molecule has 21 heavy (non-hydrogen) atoms. The van der Waals surface area contributed by atoms with E-state index in [1.54, 1.807) is 17.0 Å². The van der Waals surface area contributed by atoms with E-state index in [9.17, 15) is 14.3 Å². The summed E-state index contributed by atoms with van der Waals surface area (Å²) in [5.74, 6) is -0.389. The van der Waals surface area contributed by atoms with Gasteiger partial charge in [-0.05, 0) is 50.3 Å². The maximum Gasteiger partial charge on any atom is 0.259 e. The van der Waals surface area contributed by atoms with Crippen molar-refractivity contribution >= 4 is 17.5 Å². The smallest absolute Gasteiger partial charge is 0.259 e. The topological polar surface area (TPSA) is 40.5 Å². The Morgan fingerprint density at radius 2 is 1.86 bits per heavy atom. The molecule has 1 unspecified atom stereocenters. The fourth-order valence-electron chi connectivity index (χ4n) is 2.73. The summed E-state index contributed by atoms with van der Waals surface area (Å²) in [6, 6.07) is 7.14. The molecule has 1 aromatic rings. The Morgan fingerprint density at radius 1 is 1.33 bits per heavy atom. The van der Waals surface area contributed by atoms with Gasteiger partial charge in [0, 0.05) is 18.1 Å². The number of carbonyl (C=O) groups excluding carboxylic acids is 1. The van der Waals surface area contributed by atoms with Crippen LogP contribution in [0.1, 0.15) is 38.4 Å². The third kappa shape index (κ3) is 3.95. The lowest BCUT2D eigenvalue weighted by atomic mass is 9.87. The molecule has 0 radical (unpaired) electrons. The van der Waals surface area contributed by atoms with Gasteiger partial charge in [-0.15, -0.1) is 0 Å². The highest BCUT2D eigenvalue weighted by molar-refractivity contribution is 6.30. The molecule has 0 aromatic heterocycles. The van der Waals surface area contributed by atoms with Crippen molar-refractivity contribution in [2.24, 2.45) is 5.92 Å². The van der Waals surface area contributed by atoms with Crippen LogP contribution in [0.4, 0.5) is 4.39 Å². The lowest BCUT2D eigenvalue weighted by Gasteiger charge is -2.36. The minimum atomic E-state index is -1.83. The number of rotatable bonds is 3. The molecule has 0 spiro atoms. The monoisotopic (exact) mass is 313 g/mol. The van der Waals surface area contributed by atoms with Crippen LogP contribution in [0.3, 0.4) is 0 Å². The second-order valence-electron chi connectivity index (χ2n) is 6.10. The van der Waals surface area contributed by atoms with E-state index in [0.717, 1.165) is 5.56 Å². The fraction of sp³-hybridized carbons (Fsp3) is 0.562. The molecule has 1 fully saturated rings. The fourth-order valence-corrected chi connectivity index (χ4v) is 2.85. The van der Waals surface area contributed by atoms with Gasteiger partial charge in [-0.1, -0.05) is 23.7 Å². The Labute approximate surface area is 129 Å². The van der Waals surface area contributed by atoms with Gasteiger partial charge in [0.1, 0.15) is 0 Å². The van der Waals surface area contributed by atoms with Gasteiger partial charge in [0.2, 0.25) is 0 Å². The average Bonchev–Trinajstić information content (AvgIpc) is 2.46.